The topological polar surface area (TPSA) is 123 Å². The number of phenols is 1. The molecule has 0 saturated carbocycles. The lowest BCUT2D eigenvalue weighted by Gasteiger charge is -2.16. The van der Waals surface area contributed by atoms with Gasteiger partial charge in [-0.25, -0.2) is 0 Å². The Hall–Kier alpha value is -2.12. The van der Waals surface area contributed by atoms with Crippen LogP contribution in [0.4, 0.5) is 5.69 Å². The first-order valence-electron chi connectivity index (χ1n) is 6.94. The molecule has 1 amide bonds. The van der Waals surface area contributed by atoms with Gasteiger partial charge in [-0.15, -0.1) is 0 Å². The Labute approximate surface area is 123 Å². The SMILES string of the molecule is C[NH2+]CCC[NH2+][C@H](CC(=O)Nc1ccc(O)cc1)C(=O)[O-]. The summed E-state index contributed by atoms with van der Waals surface area (Å²) >= 11 is 0. The lowest BCUT2D eigenvalue weighted by Crippen LogP contribution is -2.94. The first-order chi connectivity index (χ1) is 10.0. The molecule has 21 heavy (non-hydrogen) atoms. The third kappa shape index (κ3) is 6.73. The minimum atomic E-state index is -1.24. The number of rotatable bonds is 9. The highest BCUT2D eigenvalue weighted by Crippen LogP contribution is 2.13. The zero-order chi connectivity index (χ0) is 15.7. The fourth-order valence-electron chi connectivity index (χ4n) is 1.86. The summed E-state index contributed by atoms with van der Waals surface area (Å²) in [5.41, 5.74) is 0.510. The van der Waals surface area contributed by atoms with E-state index in [-0.39, 0.29) is 12.2 Å². The second kappa shape index (κ2) is 8.93. The summed E-state index contributed by atoms with van der Waals surface area (Å²) in [5, 5.41) is 26.4. The van der Waals surface area contributed by atoms with Crippen LogP contribution < -0.4 is 21.1 Å². The van der Waals surface area contributed by atoms with Crippen LogP contribution in [0.3, 0.4) is 0 Å². The van der Waals surface area contributed by atoms with Crippen molar-refractivity contribution in [3.05, 3.63) is 24.3 Å². The number of amides is 1. The number of hydrogen-bond acceptors (Lipinski definition) is 4. The summed E-state index contributed by atoms with van der Waals surface area (Å²) in [6, 6.07) is 5.08. The Morgan fingerprint density at radius 2 is 1.95 bits per heavy atom. The van der Waals surface area contributed by atoms with Gasteiger partial charge in [-0.2, -0.15) is 0 Å². The maximum Gasteiger partial charge on any atom is 0.230 e. The van der Waals surface area contributed by atoms with Crippen LogP contribution in [0.1, 0.15) is 12.8 Å². The first kappa shape index (κ1) is 16.9. The van der Waals surface area contributed by atoms with E-state index in [0.29, 0.717) is 12.2 Å². The van der Waals surface area contributed by atoms with Crippen LogP contribution in [0.2, 0.25) is 0 Å². The van der Waals surface area contributed by atoms with Gasteiger partial charge in [-0.3, -0.25) is 4.79 Å². The number of anilines is 1. The van der Waals surface area contributed by atoms with E-state index in [4.69, 9.17) is 5.11 Å². The predicted octanol–water partition coefficient (Wildman–Crippen LogP) is -3.01. The number of carboxylic acids is 1. The second-order valence-corrected chi connectivity index (χ2v) is 4.80. The zero-order valence-electron chi connectivity index (χ0n) is 12.0. The second-order valence-electron chi connectivity index (χ2n) is 4.80. The largest absolute Gasteiger partial charge is 0.544 e. The van der Waals surface area contributed by atoms with Gasteiger partial charge >= 0.3 is 0 Å². The predicted molar refractivity (Wildman–Crippen MR) is 74.3 cm³/mol. The Morgan fingerprint density at radius 3 is 2.52 bits per heavy atom. The summed E-state index contributed by atoms with van der Waals surface area (Å²) in [5.74, 6) is -1.54. The summed E-state index contributed by atoms with van der Waals surface area (Å²) in [6.45, 7) is 1.55. The molecule has 0 aliphatic heterocycles. The number of aromatic hydroxyl groups is 1. The minimum Gasteiger partial charge on any atom is -0.544 e. The number of benzene rings is 1. The van der Waals surface area contributed by atoms with E-state index in [1.807, 2.05) is 12.4 Å². The van der Waals surface area contributed by atoms with Gasteiger partial charge in [0.25, 0.3) is 0 Å². The summed E-state index contributed by atoms with van der Waals surface area (Å²) in [7, 11) is 1.95. The molecule has 0 aromatic heterocycles. The highest BCUT2D eigenvalue weighted by molar-refractivity contribution is 5.93. The van der Waals surface area contributed by atoms with E-state index in [9.17, 15) is 14.7 Å². The molecule has 0 bridgehead atoms. The average Bonchev–Trinajstić information content (AvgIpc) is 2.44. The van der Waals surface area contributed by atoms with Gasteiger partial charge in [-0.1, -0.05) is 0 Å². The Morgan fingerprint density at radius 1 is 1.29 bits per heavy atom. The Kier molecular flexibility index (Phi) is 7.20. The fourth-order valence-corrected chi connectivity index (χ4v) is 1.86. The third-order valence-corrected chi connectivity index (χ3v) is 3.01. The Bertz CT molecular complexity index is 462. The molecule has 1 aromatic carbocycles. The summed E-state index contributed by atoms with van der Waals surface area (Å²) in [6.07, 6.45) is 0.707. The van der Waals surface area contributed by atoms with Crippen LogP contribution in [0.5, 0.6) is 5.75 Å². The number of nitrogens with two attached hydrogens (primary N) is 2. The number of carbonyl (C=O) groups excluding carboxylic acids is 2. The molecule has 0 saturated heterocycles. The smallest absolute Gasteiger partial charge is 0.230 e. The molecule has 0 heterocycles. The van der Waals surface area contributed by atoms with E-state index in [1.54, 1.807) is 17.4 Å². The normalized spacial score (nSPS) is 11.9. The molecule has 1 atom stereocenters. The summed E-state index contributed by atoms with van der Waals surface area (Å²) in [4.78, 5) is 22.8. The van der Waals surface area contributed by atoms with Crippen LogP contribution in [0, 0.1) is 0 Å². The van der Waals surface area contributed by atoms with E-state index in [0.717, 1.165) is 13.0 Å². The molecule has 0 aliphatic rings. The molecule has 0 spiro atoms. The van der Waals surface area contributed by atoms with Crippen molar-refractivity contribution in [2.75, 3.05) is 25.5 Å². The molecule has 7 nitrogen and oxygen atoms in total. The molecular formula is C14H22N3O4+. The van der Waals surface area contributed by atoms with Crippen molar-refractivity contribution in [3.8, 4) is 5.75 Å². The quantitative estimate of drug-likeness (QED) is 0.286. The van der Waals surface area contributed by atoms with Gasteiger partial charge in [0.15, 0.2) is 0 Å². The van der Waals surface area contributed by atoms with Crippen molar-refractivity contribution in [1.82, 2.24) is 0 Å². The molecule has 0 fully saturated rings. The zero-order valence-corrected chi connectivity index (χ0v) is 12.0. The highest BCUT2D eigenvalue weighted by atomic mass is 16.4. The number of hydrogen-bond donors (Lipinski definition) is 4. The van der Waals surface area contributed by atoms with Crippen LogP contribution >= 0.6 is 0 Å². The third-order valence-electron chi connectivity index (χ3n) is 3.01. The molecular weight excluding hydrogens is 274 g/mol. The van der Waals surface area contributed by atoms with Crippen molar-refractivity contribution in [2.24, 2.45) is 0 Å². The fraction of sp³-hybridized carbons (Fsp3) is 0.429. The van der Waals surface area contributed by atoms with Crippen LogP contribution in [0.25, 0.3) is 0 Å². The van der Waals surface area contributed by atoms with Gasteiger partial charge < -0.3 is 31.0 Å². The molecule has 0 unspecified atom stereocenters. The van der Waals surface area contributed by atoms with Crippen molar-refractivity contribution in [3.63, 3.8) is 0 Å². The molecule has 6 N–H and O–H groups in total. The number of carboxylic acid groups (broad SMARTS) is 1. The Balaban J connectivity index is 2.44. The van der Waals surface area contributed by atoms with Crippen molar-refractivity contribution in [1.29, 1.82) is 0 Å². The van der Waals surface area contributed by atoms with Crippen LogP contribution in [-0.2, 0) is 9.59 Å². The molecule has 116 valence electrons. The number of quaternary nitrogens is 2. The van der Waals surface area contributed by atoms with E-state index < -0.39 is 17.9 Å². The van der Waals surface area contributed by atoms with Crippen molar-refractivity contribution >= 4 is 17.6 Å². The molecule has 7 heteroatoms. The molecule has 1 rings (SSSR count). The minimum absolute atomic E-state index is 0.0988. The number of phenolic OH excluding ortho intramolecular Hbond substituents is 1. The standard InChI is InChI=1S/C14H21N3O4/c1-15-7-2-8-16-12(14(20)21)9-13(19)17-10-3-5-11(18)6-4-10/h3-6,12,15-16,18H,2,7-9H2,1H3,(H,17,19)(H,20,21)/p+1/t12-/m1/s1. The highest BCUT2D eigenvalue weighted by Gasteiger charge is 2.18. The number of aliphatic carboxylic acids is 1. The van der Waals surface area contributed by atoms with Crippen molar-refractivity contribution in [2.45, 2.75) is 18.9 Å². The average molecular weight is 296 g/mol. The lowest BCUT2D eigenvalue weighted by molar-refractivity contribution is -0.692. The van der Waals surface area contributed by atoms with Gasteiger partial charge in [0.05, 0.1) is 32.5 Å². The van der Waals surface area contributed by atoms with Gasteiger partial charge in [-0.05, 0) is 24.3 Å². The van der Waals surface area contributed by atoms with Crippen molar-refractivity contribution < 1.29 is 30.4 Å². The van der Waals surface area contributed by atoms with Gasteiger partial charge in [0.1, 0.15) is 11.8 Å². The summed E-state index contributed by atoms with van der Waals surface area (Å²) < 4.78 is 0. The van der Waals surface area contributed by atoms with Crippen LogP contribution in [-0.4, -0.2) is 43.2 Å². The monoisotopic (exact) mass is 296 g/mol. The van der Waals surface area contributed by atoms with E-state index in [2.05, 4.69) is 5.32 Å². The first-order valence-corrected chi connectivity index (χ1v) is 6.94. The van der Waals surface area contributed by atoms with Gasteiger partial charge in [0, 0.05) is 12.1 Å². The van der Waals surface area contributed by atoms with Gasteiger partial charge in [0.2, 0.25) is 5.91 Å². The van der Waals surface area contributed by atoms with Crippen LogP contribution in [0.15, 0.2) is 24.3 Å². The molecule has 0 aliphatic carbocycles. The van der Waals surface area contributed by atoms with E-state index in [1.165, 1.54) is 12.1 Å². The molecule has 0 radical (unpaired) electrons. The van der Waals surface area contributed by atoms with E-state index >= 15 is 0 Å². The molecule has 1 aromatic rings. The number of nitrogens with one attached hydrogen (secondary N) is 1. The maximum atomic E-state index is 11.8. The lowest BCUT2D eigenvalue weighted by atomic mass is 10.2. The maximum absolute atomic E-state index is 11.8. The number of carbonyl (C=O) groups is 2.